The zero-order valence-electron chi connectivity index (χ0n) is 20.1. The lowest BCUT2D eigenvalue weighted by atomic mass is 9.92. The van der Waals surface area contributed by atoms with Gasteiger partial charge >= 0.3 is 0 Å². The number of nitrogens with zero attached hydrogens (tertiary/aromatic N) is 4. The lowest BCUT2D eigenvalue weighted by Gasteiger charge is -2.34. The van der Waals surface area contributed by atoms with E-state index in [4.69, 9.17) is 10.1 Å². The molecule has 3 heterocycles. The molecule has 1 saturated heterocycles. The van der Waals surface area contributed by atoms with Crippen molar-refractivity contribution in [2.75, 3.05) is 18.0 Å². The van der Waals surface area contributed by atoms with Crippen molar-refractivity contribution >= 4 is 17.4 Å². The smallest absolute Gasteiger partial charge is 0.223 e. The monoisotopic (exact) mass is 445 g/mol. The zero-order chi connectivity index (χ0) is 22.9. The van der Waals surface area contributed by atoms with E-state index in [1.54, 1.807) is 0 Å². The second-order valence-corrected chi connectivity index (χ2v) is 10.0. The topological polar surface area (TPSA) is 62.5 Å². The number of piperidine rings is 1. The maximum Gasteiger partial charge on any atom is 0.223 e. The highest BCUT2D eigenvalue weighted by Crippen LogP contribution is 2.28. The predicted octanol–water partition coefficient (Wildman–Crippen LogP) is 4.99. The summed E-state index contributed by atoms with van der Waals surface area (Å²) in [6.07, 6.45) is 7.84. The van der Waals surface area contributed by atoms with Crippen LogP contribution in [0.4, 0.5) is 5.82 Å². The van der Waals surface area contributed by atoms with Gasteiger partial charge in [0.05, 0.1) is 5.69 Å². The minimum Gasteiger partial charge on any atom is -0.356 e. The number of rotatable bonds is 4. The number of anilines is 1. The molecule has 174 valence electrons. The first-order chi connectivity index (χ1) is 16.0. The van der Waals surface area contributed by atoms with Gasteiger partial charge in [-0.1, -0.05) is 36.5 Å². The lowest BCUT2D eigenvalue weighted by molar-refractivity contribution is -0.126. The van der Waals surface area contributed by atoms with Gasteiger partial charge in [-0.2, -0.15) is 9.61 Å². The van der Waals surface area contributed by atoms with Gasteiger partial charge in [0.15, 0.2) is 5.65 Å². The Hall–Kier alpha value is -2.89. The Balaban J connectivity index is 1.33. The summed E-state index contributed by atoms with van der Waals surface area (Å²) in [5.41, 5.74) is 6.40. The third-order valence-corrected chi connectivity index (χ3v) is 7.20. The van der Waals surface area contributed by atoms with Gasteiger partial charge in [0.1, 0.15) is 5.82 Å². The van der Waals surface area contributed by atoms with Gasteiger partial charge in [0.2, 0.25) is 5.91 Å². The van der Waals surface area contributed by atoms with E-state index in [0.29, 0.717) is 6.04 Å². The number of nitrogens with one attached hydrogen (secondary N) is 1. The first-order valence-corrected chi connectivity index (χ1v) is 12.5. The molecule has 3 aromatic rings. The highest BCUT2D eigenvalue weighted by molar-refractivity contribution is 5.79. The van der Waals surface area contributed by atoms with Gasteiger partial charge in [-0.05, 0) is 58.6 Å². The first-order valence-electron chi connectivity index (χ1n) is 12.5. The summed E-state index contributed by atoms with van der Waals surface area (Å²) in [7, 11) is 0. The van der Waals surface area contributed by atoms with E-state index in [9.17, 15) is 4.79 Å². The lowest BCUT2D eigenvalue weighted by Crippen LogP contribution is -2.44. The molecule has 6 heteroatoms. The second-order valence-electron chi connectivity index (χ2n) is 10.0. The molecular weight excluding hydrogens is 410 g/mol. The van der Waals surface area contributed by atoms with Gasteiger partial charge in [0, 0.05) is 48.4 Å². The normalized spacial score (nSPS) is 18.1. The number of hydrogen-bond donors (Lipinski definition) is 1. The molecule has 5 rings (SSSR count). The Labute approximate surface area is 196 Å². The fraction of sp³-hybridized carbons (Fsp3) is 0.519. The molecule has 33 heavy (non-hydrogen) atoms. The van der Waals surface area contributed by atoms with Gasteiger partial charge in [-0.25, -0.2) is 4.98 Å². The molecule has 1 aromatic carbocycles. The van der Waals surface area contributed by atoms with Crippen molar-refractivity contribution in [3.8, 4) is 11.3 Å². The van der Waals surface area contributed by atoms with E-state index in [1.807, 2.05) is 11.4 Å². The highest BCUT2D eigenvalue weighted by Gasteiger charge is 2.28. The van der Waals surface area contributed by atoms with Gasteiger partial charge < -0.3 is 10.2 Å². The Morgan fingerprint density at radius 3 is 2.30 bits per heavy atom. The first kappa shape index (κ1) is 21.9. The van der Waals surface area contributed by atoms with Gasteiger partial charge in [0.25, 0.3) is 0 Å². The van der Waals surface area contributed by atoms with Crippen LogP contribution in [0.5, 0.6) is 0 Å². The van der Waals surface area contributed by atoms with Crippen molar-refractivity contribution in [3.63, 3.8) is 0 Å². The fourth-order valence-electron chi connectivity index (χ4n) is 5.51. The predicted molar refractivity (Wildman–Crippen MR) is 133 cm³/mol. The van der Waals surface area contributed by atoms with E-state index < -0.39 is 0 Å². The largest absolute Gasteiger partial charge is 0.356 e. The van der Waals surface area contributed by atoms with Crippen molar-refractivity contribution in [2.24, 2.45) is 5.92 Å². The number of benzene rings is 1. The molecule has 0 atom stereocenters. The number of carbonyl (C=O) groups is 1. The number of carbonyl (C=O) groups excluding carboxylic acids is 1. The van der Waals surface area contributed by atoms with E-state index in [0.717, 1.165) is 67.2 Å². The van der Waals surface area contributed by atoms with E-state index in [2.05, 4.69) is 54.4 Å². The minimum atomic E-state index is 0.116. The molecule has 1 aliphatic carbocycles. The van der Waals surface area contributed by atoms with Crippen LogP contribution in [0, 0.1) is 26.7 Å². The number of fused-ring (bicyclic) bond motifs is 1. The van der Waals surface area contributed by atoms with Crippen molar-refractivity contribution < 1.29 is 4.79 Å². The van der Waals surface area contributed by atoms with Crippen LogP contribution < -0.4 is 10.2 Å². The van der Waals surface area contributed by atoms with Crippen LogP contribution in [0.15, 0.2) is 30.3 Å². The molecule has 0 radical (unpaired) electrons. The van der Waals surface area contributed by atoms with Crippen molar-refractivity contribution in [3.05, 3.63) is 47.2 Å². The van der Waals surface area contributed by atoms with E-state index in [1.165, 1.54) is 30.4 Å². The molecule has 0 unspecified atom stereocenters. The molecule has 0 spiro atoms. The van der Waals surface area contributed by atoms with Crippen LogP contribution in [0.1, 0.15) is 61.8 Å². The second kappa shape index (κ2) is 9.16. The van der Waals surface area contributed by atoms with Gasteiger partial charge in [-0.15, -0.1) is 0 Å². The summed E-state index contributed by atoms with van der Waals surface area (Å²) < 4.78 is 1.97. The maximum atomic E-state index is 12.8. The SMILES string of the molecule is Cc1cc(C)cc(-c2cc3nc(C)cc(N4CCC(C(=O)NC5CCCCC5)CC4)n3n2)c1. The summed E-state index contributed by atoms with van der Waals surface area (Å²) in [6, 6.07) is 11.1. The summed E-state index contributed by atoms with van der Waals surface area (Å²) >= 11 is 0. The van der Waals surface area contributed by atoms with Crippen molar-refractivity contribution in [2.45, 2.75) is 71.8 Å². The standard InChI is InChI=1S/C27H35N5O/c1-18-13-19(2)15-22(14-18)24-17-25-28-20(3)16-26(32(25)30-24)31-11-9-21(10-12-31)27(33)29-23-7-5-4-6-8-23/h13-17,21,23H,4-12H2,1-3H3,(H,29,33). The molecule has 1 saturated carbocycles. The van der Waals surface area contributed by atoms with Gasteiger partial charge in [-0.3, -0.25) is 4.79 Å². The minimum absolute atomic E-state index is 0.116. The van der Waals surface area contributed by atoms with E-state index in [-0.39, 0.29) is 11.8 Å². The third-order valence-electron chi connectivity index (χ3n) is 7.20. The summed E-state index contributed by atoms with van der Waals surface area (Å²) in [4.78, 5) is 19.9. The Kier molecular flexibility index (Phi) is 6.09. The zero-order valence-corrected chi connectivity index (χ0v) is 20.1. The van der Waals surface area contributed by atoms with Crippen LogP contribution in [0.2, 0.25) is 0 Å². The molecule has 1 aliphatic heterocycles. The average Bonchev–Trinajstić information content (AvgIpc) is 3.23. The fourth-order valence-corrected chi connectivity index (χ4v) is 5.51. The molecule has 1 N–H and O–H groups in total. The Morgan fingerprint density at radius 2 is 1.61 bits per heavy atom. The Bertz CT molecular complexity index is 1130. The number of aromatic nitrogens is 3. The third kappa shape index (κ3) is 4.75. The number of amides is 1. The molecule has 2 aliphatic rings. The molecule has 1 amide bonds. The summed E-state index contributed by atoms with van der Waals surface area (Å²) in [5, 5.41) is 8.27. The number of aryl methyl sites for hydroxylation is 3. The van der Waals surface area contributed by atoms with Crippen LogP contribution in [-0.4, -0.2) is 39.6 Å². The molecule has 0 bridgehead atoms. The average molecular weight is 446 g/mol. The number of hydrogen-bond acceptors (Lipinski definition) is 4. The van der Waals surface area contributed by atoms with Crippen LogP contribution in [0.25, 0.3) is 16.9 Å². The van der Waals surface area contributed by atoms with Crippen LogP contribution in [-0.2, 0) is 4.79 Å². The molecular formula is C27H35N5O. The Morgan fingerprint density at radius 1 is 0.909 bits per heavy atom. The van der Waals surface area contributed by atoms with Crippen molar-refractivity contribution in [1.29, 1.82) is 0 Å². The maximum absolute atomic E-state index is 12.8. The highest BCUT2D eigenvalue weighted by atomic mass is 16.1. The van der Waals surface area contributed by atoms with Crippen molar-refractivity contribution in [1.82, 2.24) is 19.9 Å². The van der Waals surface area contributed by atoms with Crippen LogP contribution in [0.3, 0.4) is 0 Å². The molecule has 6 nitrogen and oxygen atoms in total. The summed E-state index contributed by atoms with van der Waals surface area (Å²) in [6.45, 7) is 8.00. The summed E-state index contributed by atoms with van der Waals surface area (Å²) in [5.74, 6) is 1.44. The quantitative estimate of drug-likeness (QED) is 0.615. The van der Waals surface area contributed by atoms with Crippen LogP contribution >= 0.6 is 0 Å². The molecule has 2 fully saturated rings. The van der Waals surface area contributed by atoms with E-state index >= 15 is 0 Å². The molecule has 2 aromatic heterocycles.